The zero-order valence-corrected chi connectivity index (χ0v) is 14.8. The van der Waals surface area contributed by atoms with Crippen molar-refractivity contribution < 1.29 is 14.3 Å². The van der Waals surface area contributed by atoms with Gasteiger partial charge in [-0.15, -0.1) is 11.3 Å². The summed E-state index contributed by atoms with van der Waals surface area (Å²) in [5, 5.41) is 2.07. The standard InChI is InChI=1S/C17H27NO3S/c1-13(15-8-6-10-22-15)20-12-14-7-5-9-18(11-14)16(19)21-17(2,3)4/h6,8,10,13-14H,5,7,9,11-12H2,1-4H3. The Hall–Kier alpha value is -1.07. The van der Waals surface area contributed by atoms with E-state index < -0.39 is 5.60 Å². The van der Waals surface area contributed by atoms with Crippen molar-refractivity contribution >= 4 is 17.4 Å². The van der Waals surface area contributed by atoms with Gasteiger partial charge in [0.1, 0.15) is 5.60 Å². The molecule has 22 heavy (non-hydrogen) atoms. The third-order valence-corrected chi connectivity index (χ3v) is 4.73. The summed E-state index contributed by atoms with van der Waals surface area (Å²) in [6.45, 7) is 9.99. The molecule has 1 aromatic heterocycles. The first kappa shape index (κ1) is 17.3. The molecule has 1 fully saturated rings. The molecule has 124 valence electrons. The third kappa shape index (κ3) is 5.29. The lowest BCUT2D eigenvalue weighted by atomic mass is 9.99. The van der Waals surface area contributed by atoms with Gasteiger partial charge in [-0.25, -0.2) is 4.79 Å². The van der Waals surface area contributed by atoms with Gasteiger partial charge in [0.25, 0.3) is 0 Å². The van der Waals surface area contributed by atoms with Crippen molar-refractivity contribution in [3.63, 3.8) is 0 Å². The highest BCUT2D eigenvalue weighted by atomic mass is 32.1. The average molecular weight is 325 g/mol. The monoisotopic (exact) mass is 325 g/mol. The van der Waals surface area contributed by atoms with Crippen LogP contribution < -0.4 is 0 Å². The van der Waals surface area contributed by atoms with Crippen LogP contribution in [0.15, 0.2) is 17.5 Å². The first-order valence-electron chi connectivity index (χ1n) is 7.98. The molecule has 5 heteroatoms. The Bertz CT molecular complexity index is 467. The molecule has 1 aliphatic heterocycles. The van der Waals surface area contributed by atoms with E-state index in [0.717, 1.165) is 25.9 Å². The predicted molar refractivity (Wildman–Crippen MR) is 89.2 cm³/mol. The summed E-state index contributed by atoms with van der Waals surface area (Å²) < 4.78 is 11.4. The molecule has 0 radical (unpaired) electrons. The van der Waals surface area contributed by atoms with Crippen molar-refractivity contribution in [2.75, 3.05) is 19.7 Å². The number of hydrogen-bond donors (Lipinski definition) is 0. The molecule has 1 aliphatic rings. The van der Waals surface area contributed by atoms with E-state index in [9.17, 15) is 4.79 Å². The van der Waals surface area contributed by atoms with Crippen LogP contribution in [0.5, 0.6) is 0 Å². The van der Waals surface area contributed by atoms with E-state index in [4.69, 9.17) is 9.47 Å². The predicted octanol–water partition coefficient (Wildman–Crippen LogP) is 4.47. The smallest absolute Gasteiger partial charge is 0.410 e. The highest BCUT2D eigenvalue weighted by Crippen LogP contribution is 2.25. The van der Waals surface area contributed by atoms with Gasteiger partial charge in [0, 0.05) is 23.9 Å². The van der Waals surface area contributed by atoms with Gasteiger partial charge in [-0.05, 0) is 52.0 Å². The number of likely N-dealkylation sites (tertiary alicyclic amines) is 1. The number of hydrogen-bond acceptors (Lipinski definition) is 4. The van der Waals surface area contributed by atoms with Gasteiger partial charge < -0.3 is 14.4 Å². The van der Waals surface area contributed by atoms with E-state index in [1.807, 2.05) is 31.7 Å². The molecule has 1 saturated heterocycles. The summed E-state index contributed by atoms with van der Waals surface area (Å²) in [4.78, 5) is 15.2. The van der Waals surface area contributed by atoms with Crippen LogP contribution in [0.1, 0.15) is 51.5 Å². The summed E-state index contributed by atoms with van der Waals surface area (Å²) in [6, 6.07) is 4.15. The second-order valence-corrected chi connectivity index (χ2v) is 7.90. The second-order valence-electron chi connectivity index (χ2n) is 6.93. The molecule has 4 nitrogen and oxygen atoms in total. The lowest BCUT2D eigenvalue weighted by Gasteiger charge is -2.34. The highest BCUT2D eigenvalue weighted by Gasteiger charge is 2.28. The Labute approximate surface area is 137 Å². The topological polar surface area (TPSA) is 38.8 Å². The molecule has 1 amide bonds. The van der Waals surface area contributed by atoms with Crippen LogP contribution >= 0.6 is 11.3 Å². The van der Waals surface area contributed by atoms with E-state index in [-0.39, 0.29) is 12.2 Å². The van der Waals surface area contributed by atoms with Crippen molar-refractivity contribution in [1.82, 2.24) is 4.90 Å². The first-order chi connectivity index (χ1) is 10.3. The maximum atomic E-state index is 12.1. The lowest BCUT2D eigenvalue weighted by molar-refractivity contribution is -0.00316. The number of piperidine rings is 1. The number of nitrogens with zero attached hydrogens (tertiary/aromatic N) is 1. The van der Waals surface area contributed by atoms with E-state index in [2.05, 4.69) is 18.4 Å². The summed E-state index contributed by atoms with van der Waals surface area (Å²) >= 11 is 1.72. The minimum Gasteiger partial charge on any atom is -0.444 e. The Kier molecular flexibility index (Phi) is 5.87. The van der Waals surface area contributed by atoms with Gasteiger partial charge in [-0.3, -0.25) is 0 Å². The van der Waals surface area contributed by atoms with Gasteiger partial charge in [-0.2, -0.15) is 0 Å². The number of carbonyl (C=O) groups excluding carboxylic acids is 1. The van der Waals surface area contributed by atoms with Gasteiger partial charge in [-0.1, -0.05) is 6.07 Å². The Morgan fingerprint density at radius 2 is 2.27 bits per heavy atom. The summed E-state index contributed by atoms with van der Waals surface area (Å²) in [5.41, 5.74) is -0.436. The number of ether oxygens (including phenoxy) is 2. The van der Waals surface area contributed by atoms with Gasteiger partial charge >= 0.3 is 6.09 Å². The Morgan fingerprint density at radius 1 is 1.50 bits per heavy atom. The van der Waals surface area contributed by atoms with Crippen LogP contribution in [0.25, 0.3) is 0 Å². The van der Waals surface area contributed by atoms with Crippen LogP contribution in [0.2, 0.25) is 0 Å². The van der Waals surface area contributed by atoms with Crippen molar-refractivity contribution in [3.05, 3.63) is 22.4 Å². The summed E-state index contributed by atoms with van der Waals surface area (Å²) in [7, 11) is 0. The molecule has 2 atom stereocenters. The molecule has 0 bridgehead atoms. The number of rotatable bonds is 4. The van der Waals surface area contributed by atoms with E-state index >= 15 is 0 Å². The van der Waals surface area contributed by atoms with E-state index in [1.54, 1.807) is 11.3 Å². The van der Waals surface area contributed by atoms with Crippen molar-refractivity contribution in [2.24, 2.45) is 5.92 Å². The lowest BCUT2D eigenvalue weighted by Crippen LogP contribution is -2.43. The van der Waals surface area contributed by atoms with E-state index in [1.165, 1.54) is 4.88 Å². The maximum absolute atomic E-state index is 12.1. The molecule has 0 saturated carbocycles. The van der Waals surface area contributed by atoms with Gasteiger partial charge in [0.2, 0.25) is 0 Å². The second kappa shape index (κ2) is 7.47. The molecule has 2 unspecified atom stereocenters. The quantitative estimate of drug-likeness (QED) is 0.819. The van der Waals surface area contributed by atoms with Crippen LogP contribution in [-0.2, 0) is 9.47 Å². The zero-order chi connectivity index (χ0) is 16.2. The fourth-order valence-electron chi connectivity index (χ4n) is 2.58. The van der Waals surface area contributed by atoms with Crippen LogP contribution in [-0.4, -0.2) is 36.3 Å². The molecular formula is C17H27NO3S. The van der Waals surface area contributed by atoms with E-state index in [0.29, 0.717) is 12.5 Å². The fourth-order valence-corrected chi connectivity index (χ4v) is 3.31. The average Bonchev–Trinajstić information content (AvgIpc) is 2.97. The fraction of sp³-hybridized carbons (Fsp3) is 0.706. The van der Waals surface area contributed by atoms with Crippen molar-refractivity contribution in [1.29, 1.82) is 0 Å². The molecule has 0 aromatic carbocycles. The highest BCUT2D eigenvalue weighted by molar-refractivity contribution is 7.10. The SMILES string of the molecule is CC(OCC1CCCN(C(=O)OC(C)(C)C)C1)c1cccs1. The minimum atomic E-state index is -0.436. The van der Waals surface area contributed by atoms with Gasteiger partial charge in [0.05, 0.1) is 12.7 Å². The molecule has 0 spiro atoms. The first-order valence-corrected chi connectivity index (χ1v) is 8.86. The van der Waals surface area contributed by atoms with Gasteiger partial charge in [0.15, 0.2) is 0 Å². The molecule has 0 aliphatic carbocycles. The van der Waals surface area contributed by atoms with Crippen LogP contribution in [0.4, 0.5) is 4.79 Å². The Morgan fingerprint density at radius 3 is 2.91 bits per heavy atom. The molecular weight excluding hydrogens is 298 g/mol. The van der Waals surface area contributed by atoms with Crippen molar-refractivity contribution in [2.45, 2.75) is 52.2 Å². The largest absolute Gasteiger partial charge is 0.444 e. The zero-order valence-electron chi connectivity index (χ0n) is 14.0. The minimum absolute atomic E-state index is 0.122. The van der Waals surface area contributed by atoms with Crippen LogP contribution in [0, 0.1) is 5.92 Å². The summed E-state index contributed by atoms with van der Waals surface area (Å²) in [6.07, 6.45) is 2.04. The summed E-state index contributed by atoms with van der Waals surface area (Å²) in [5.74, 6) is 0.392. The number of thiophene rings is 1. The number of amides is 1. The van der Waals surface area contributed by atoms with Crippen LogP contribution in [0.3, 0.4) is 0 Å². The molecule has 2 rings (SSSR count). The van der Waals surface area contributed by atoms with Crippen molar-refractivity contribution in [3.8, 4) is 0 Å². The normalized spacial score (nSPS) is 20.7. The number of carbonyl (C=O) groups is 1. The third-order valence-electron chi connectivity index (χ3n) is 3.70. The Balaban J connectivity index is 1.79. The molecule has 0 N–H and O–H groups in total. The molecule has 1 aromatic rings. The maximum Gasteiger partial charge on any atom is 0.410 e. The molecule has 2 heterocycles.